The molecule has 0 atom stereocenters. The van der Waals surface area contributed by atoms with Crippen molar-refractivity contribution in [3.63, 3.8) is 0 Å². The first kappa shape index (κ1) is 12.4. The lowest BCUT2D eigenvalue weighted by molar-refractivity contribution is 0.299. The summed E-state index contributed by atoms with van der Waals surface area (Å²) in [5, 5.41) is 3.03. The Labute approximate surface area is 106 Å². The first-order valence-corrected chi connectivity index (χ1v) is 5.70. The van der Waals surface area contributed by atoms with Crippen LogP contribution >= 0.6 is 0 Å². The monoisotopic (exact) mass is 246 g/mol. The normalized spacial score (nSPS) is 10.2. The molecule has 2 aromatic rings. The number of aryl methyl sites for hydroxylation is 1. The van der Waals surface area contributed by atoms with Gasteiger partial charge in [-0.15, -0.1) is 0 Å². The van der Waals surface area contributed by atoms with Crippen molar-refractivity contribution in [3.8, 4) is 5.75 Å². The van der Waals surface area contributed by atoms with E-state index >= 15 is 0 Å². The lowest BCUT2D eigenvalue weighted by Crippen LogP contribution is -2.00. The molecule has 0 amide bonds. The first-order chi connectivity index (χ1) is 8.69. The van der Waals surface area contributed by atoms with Crippen LogP contribution in [-0.4, -0.2) is 12.0 Å². The zero-order chi connectivity index (χ0) is 13.0. The zero-order valence-corrected chi connectivity index (χ0v) is 10.4. The average molecular weight is 246 g/mol. The van der Waals surface area contributed by atoms with Crippen LogP contribution in [0.2, 0.25) is 0 Å². The Hall–Kier alpha value is -2.10. The highest BCUT2D eigenvalue weighted by Gasteiger charge is 2.02. The minimum atomic E-state index is -0.260. The Kier molecular flexibility index (Phi) is 3.77. The van der Waals surface area contributed by atoms with Gasteiger partial charge in [0, 0.05) is 25.0 Å². The van der Waals surface area contributed by atoms with Gasteiger partial charge in [-0.05, 0) is 30.7 Å². The molecule has 0 aliphatic carbocycles. The molecule has 0 radical (unpaired) electrons. The van der Waals surface area contributed by atoms with Gasteiger partial charge in [-0.1, -0.05) is 6.07 Å². The highest BCUT2D eigenvalue weighted by Crippen LogP contribution is 2.17. The SMILES string of the molecule is CNc1ccnc(COc2ccc(C)c(F)c2)c1. The summed E-state index contributed by atoms with van der Waals surface area (Å²) >= 11 is 0. The summed E-state index contributed by atoms with van der Waals surface area (Å²) in [4.78, 5) is 4.18. The Bertz CT molecular complexity index is 543. The summed E-state index contributed by atoms with van der Waals surface area (Å²) < 4.78 is 18.8. The number of benzene rings is 1. The number of aromatic nitrogens is 1. The van der Waals surface area contributed by atoms with Gasteiger partial charge in [-0.25, -0.2) is 4.39 Å². The van der Waals surface area contributed by atoms with Crippen molar-refractivity contribution in [2.24, 2.45) is 0 Å². The molecule has 0 saturated heterocycles. The maximum Gasteiger partial charge on any atom is 0.130 e. The Morgan fingerprint density at radius 2 is 2.11 bits per heavy atom. The molecular formula is C14H15FN2O. The predicted octanol–water partition coefficient (Wildman–Crippen LogP) is 3.15. The minimum Gasteiger partial charge on any atom is -0.487 e. The summed E-state index contributed by atoms with van der Waals surface area (Å²) in [6.07, 6.45) is 1.71. The number of rotatable bonds is 4. The van der Waals surface area contributed by atoms with Gasteiger partial charge >= 0.3 is 0 Å². The van der Waals surface area contributed by atoms with Gasteiger partial charge in [0.2, 0.25) is 0 Å². The number of nitrogens with zero attached hydrogens (tertiary/aromatic N) is 1. The summed E-state index contributed by atoms with van der Waals surface area (Å²) in [7, 11) is 1.84. The maximum absolute atomic E-state index is 13.3. The smallest absolute Gasteiger partial charge is 0.130 e. The van der Waals surface area contributed by atoms with E-state index in [-0.39, 0.29) is 5.82 Å². The van der Waals surface area contributed by atoms with Gasteiger partial charge in [0.25, 0.3) is 0 Å². The van der Waals surface area contributed by atoms with Crippen molar-refractivity contribution in [2.75, 3.05) is 12.4 Å². The molecule has 0 fully saturated rings. The molecule has 0 aliphatic heterocycles. The molecule has 94 valence electrons. The van der Waals surface area contributed by atoms with E-state index < -0.39 is 0 Å². The van der Waals surface area contributed by atoms with Gasteiger partial charge in [-0.2, -0.15) is 0 Å². The fourth-order valence-electron chi connectivity index (χ4n) is 1.53. The number of anilines is 1. The Balaban J connectivity index is 2.04. The van der Waals surface area contributed by atoms with Gasteiger partial charge in [0.05, 0.1) is 5.69 Å². The van der Waals surface area contributed by atoms with Gasteiger partial charge < -0.3 is 10.1 Å². The first-order valence-electron chi connectivity index (χ1n) is 5.70. The topological polar surface area (TPSA) is 34.2 Å². The molecule has 2 rings (SSSR count). The summed E-state index contributed by atoms with van der Waals surface area (Å²) in [5.74, 6) is 0.249. The molecule has 0 spiro atoms. The van der Waals surface area contributed by atoms with Crippen LogP contribution in [0.25, 0.3) is 0 Å². The molecule has 4 heteroatoms. The summed E-state index contributed by atoms with van der Waals surface area (Å²) in [5.41, 5.74) is 2.37. The molecular weight excluding hydrogens is 231 g/mol. The largest absolute Gasteiger partial charge is 0.487 e. The second kappa shape index (κ2) is 5.49. The Morgan fingerprint density at radius 3 is 2.83 bits per heavy atom. The molecule has 0 bridgehead atoms. The van der Waals surface area contributed by atoms with E-state index in [4.69, 9.17) is 4.74 Å². The van der Waals surface area contributed by atoms with Crippen LogP contribution in [0.1, 0.15) is 11.3 Å². The van der Waals surface area contributed by atoms with E-state index in [0.29, 0.717) is 17.9 Å². The van der Waals surface area contributed by atoms with E-state index in [0.717, 1.165) is 11.4 Å². The van der Waals surface area contributed by atoms with E-state index in [1.54, 1.807) is 25.3 Å². The number of nitrogens with one attached hydrogen (secondary N) is 1. The fraction of sp³-hybridized carbons (Fsp3) is 0.214. The molecule has 1 aromatic carbocycles. The summed E-state index contributed by atoms with van der Waals surface area (Å²) in [6.45, 7) is 2.04. The van der Waals surface area contributed by atoms with Gasteiger partial charge in [0.1, 0.15) is 18.2 Å². The van der Waals surface area contributed by atoms with Crippen molar-refractivity contribution >= 4 is 5.69 Å². The quantitative estimate of drug-likeness (QED) is 0.899. The fourth-order valence-corrected chi connectivity index (χ4v) is 1.53. The van der Waals surface area contributed by atoms with Crippen molar-refractivity contribution < 1.29 is 9.13 Å². The third-order valence-corrected chi connectivity index (χ3v) is 2.64. The second-order valence-corrected chi connectivity index (χ2v) is 3.99. The molecule has 0 aliphatic rings. The molecule has 1 aromatic heterocycles. The summed E-state index contributed by atoms with van der Waals surface area (Å²) in [6, 6.07) is 8.60. The third-order valence-electron chi connectivity index (χ3n) is 2.64. The number of halogens is 1. The zero-order valence-electron chi connectivity index (χ0n) is 10.4. The third kappa shape index (κ3) is 2.97. The van der Waals surface area contributed by atoms with Crippen LogP contribution in [-0.2, 0) is 6.61 Å². The molecule has 1 heterocycles. The number of pyridine rings is 1. The van der Waals surface area contributed by atoms with Crippen molar-refractivity contribution in [3.05, 3.63) is 53.6 Å². The van der Waals surface area contributed by atoms with E-state index in [2.05, 4.69) is 10.3 Å². The van der Waals surface area contributed by atoms with Crippen molar-refractivity contribution in [1.82, 2.24) is 4.98 Å². The van der Waals surface area contributed by atoms with Crippen LogP contribution in [0.5, 0.6) is 5.75 Å². The lowest BCUT2D eigenvalue weighted by Gasteiger charge is -2.07. The van der Waals surface area contributed by atoms with Crippen LogP contribution in [0, 0.1) is 12.7 Å². The van der Waals surface area contributed by atoms with E-state index in [1.165, 1.54) is 6.07 Å². The van der Waals surface area contributed by atoms with E-state index in [9.17, 15) is 4.39 Å². The number of hydrogen-bond acceptors (Lipinski definition) is 3. The van der Waals surface area contributed by atoms with Crippen molar-refractivity contribution in [1.29, 1.82) is 0 Å². The average Bonchev–Trinajstić information content (AvgIpc) is 2.40. The van der Waals surface area contributed by atoms with E-state index in [1.807, 2.05) is 19.2 Å². The molecule has 0 saturated carbocycles. The molecule has 3 nitrogen and oxygen atoms in total. The second-order valence-electron chi connectivity index (χ2n) is 3.99. The van der Waals surface area contributed by atoms with Crippen LogP contribution in [0.15, 0.2) is 36.5 Å². The maximum atomic E-state index is 13.3. The molecule has 18 heavy (non-hydrogen) atoms. The lowest BCUT2D eigenvalue weighted by atomic mass is 10.2. The Morgan fingerprint density at radius 1 is 1.28 bits per heavy atom. The van der Waals surface area contributed by atoms with Crippen LogP contribution in [0.4, 0.5) is 10.1 Å². The van der Waals surface area contributed by atoms with Gasteiger partial charge in [0.15, 0.2) is 0 Å². The molecule has 0 unspecified atom stereocenters. The number of hydrogen-bond donors (Lipinski definition) is 1. The highest BCUT2D eigenvalue weighted by molar-refractivity contribution is 5.42. The van der Waals surface area contributed by atoms with Crippen molar-refractivity contribution in [2.45, 2.75) is 13.5 Å². The predicted molar refractivity (Wildman–Crippen MR) is 69.3 cm³/mol. The van der Waals surface area contributed by atoms with Crippen LogP contribution < -0.4 is 10.1 Å². The van der Waals surface area contributed by atoms with Crippen LogP contribution in [0.3, 0.4) is 0 Å². The number of ether oxygens (including phenoxy) is 1. The standard InChI is InChI=1S/C14H15FN2O/c1-10-3-4-13(8-14(10)15)18-9-12-7-11(16-2)5-6-17-12/h3-8H,9H2,1-2H3,(H,16,17). The van der Waals surface area contributed by atoms with Gasteiger partial charge in [-0.3, -0.25) is 4.98 Å². The highest BCUT2D eigenvalue weighted by atomic mass is 19.1. The molecule has 1 N–H and O–H groups in total. The minimum absolute atomic E-state index is 0.260.